The van der Waals surface area contributed by atoms with Gasteiger partial charge in [0.15, 0.2) is 5.13 Å². The number of aliphatic hydroxyl groups is 1. The molecule has 8 nitrogen and oxygen atoms in total. The molecule has 11 heteroatoms. The van der Waals surface area contributed by atoms with Crippen LogP contribution < -0.4 is 19.1 Å². The van der Waals surface area contributed by atoms with E-state index in [9.17, 15) is 14.7 Å². The van der Waals surface area contributed by atoms with Gasteiger partial charge in [-0.05, 0) is 42.6 Å². The Morgan fingerprint density at radius 2 is 1.92 bits per heavy atom. The Morgan fingerprint density at radius 1 is 1.14 bits per heavy atom. The van der Waals surface area contributed by atoms with Gasteiger partial charge in [0, 0.05) is 10.9 Å². The number of anilines is 1. The summed E-state index contributed by atoms with van der Waals surface area (Å²) < 4.78 is 17.1. The van der Waals surface area contributed by atoms with Crippen LogP contribution in [0.5, 0.6) is 17.2 Å². The second kappa shape index (κ2) is 10.0. The molecule has 1 aliphatic heterocycles. The number of thiazole rings is 1. The number of carbonyl (C=O) groups is 2. The molecule has 1 aliphatic rings. The average molecular weight is 557 g/mol. The van der Waals surface area contributed by atoms with Gasteiger partial charge in [0.1, 0.15) is 29.0 Å². The second-order valence-corrected chi connectivity index (χ2v) is 10.3. The molecule has 2 aromatic carbocycles. The van der Waals surface area contributed by atoms with E-state index in [1.54, 1.807) is 18.2 Å². The van der Waals surface area contributed by atoms with E-state index in [-0.39, 0.29) is 21.9 Å². The van der Waals surface area contributed by atoms with Gasteiger partial charge in [-0.2, -0.15) is 0 Å². The Balaban J connectivity index is 1.69. The van der Waals surface area contributed by atoms with E-state index in [0.29, 0.717) is 33.6 Å². The molecule has 1 N–H and O–H groups in total. The van der Waals surface area contributed by atoms with Gasteiger partial charge in [-0.3, -0.25) is 14.5 Å². The molecule has 0 saturated carbocycles. The number of aromatic nitrogens is 1. The molecule has 0 spiro atoms. The third-order valence-electron chi connectivity index (χ3n) is 5.85. The lowest BCUT2D eigenvalue weighted by Crippen LogP contribution is -2.28. The van der Waals surface area contributed by atoms with Crippen molar-refractivity contribution >= 4 is 67.1 Å². The molecule has 4 aromatic rings. The third kappa shape index (κ3) is 4.30. The molecule has 37 heavy (non-hydrogen) atoms. The number of amides is 1. The molecular formula is C26H21ClN2O6S2. The van der Waals surface area contributed by atoms with Crippen LogP contribution in [0, 0.1) is 0 Å². The van der Waals surface area contributed by atoms with Crippen LogP contribution in [0.1, 0.15) is 23.4 Å². The Kier molecular flexibility index (Phi) is 6.80. The van der Waals surface area contributed by atoms with Crippen molar-refractivity contribution in [3.05, 3.63) is 68.9 Å². The van der Waals surface area contributed by atoms with Crippen molar-refractivity contribution in [1.29, 1.82) is 0 Å². The van der Waals surface area contributed by atoms with Gasteiger partial charge in [-0.25, -0.2) is 4.98 Å². The average Bonchev–Trinajstić information content (AvgIpc) is 3.62. The number of methoxy groups -OCH3 is 2. The number of hydrogen-bond acceptors (Lipinski definition) is 9. The molecule has 0 radical (unpaired) electrons. The second-order valence-electron chi connectivity index (χ2n) is 7.93. The van der Waals surface area contributed by atoms with Crippen molar-refractivity contribution in [2.24, 2.45) is 0 Å². The highest BCUT2D eigenvalue weighted by Gasteiger charge is 2.49. The van der Waals surface area contributed by atoms with Crippen molar-refractivity contribution in [3.63, 3.8) is 0 Å². The molecule has 1 unspecified atom stereocenters. The monoisotopic (exact) mass is 556 g/mol. The zero-order valence-corrected chi connectivity index (χ0v) is 22.4. The number of carbonyl (C=O) groups excluding carboxylic acids is 2. The minimum Gasteiger partial charge on any atom is -0.507 e. The molecule has 0 aliphatic carbocycles. The van der Waals surface area contributed by atoms with E-state index in [4.69, 9.17) is 25.8 Å². The fourth-order valence-electron chi connectivity index (χ4n) is 4.19. The first-order valence-electron chi connectivity index (χ1n) is 11.2. The van der Waals surface area contributed by atoms with Crippen molar-refractivity contribution in [2.45, 2.75) is 13.0 Å². The largest absolute Gasteiger partial charge is 0.507 e. The molecule has 190 valence electrons. The first-order chi connectivity index (χ1) is 17.9. The number of ketones is 1. The van der Waals surface area contributed by atoms with E-state index in [2.05, 4.69) is 4.98 Å². The summed E-state index contributed by atoms with van der Waals surface area (Å²) in [5, 5.41) is 13.8. The minimum atomic E-state index is -0.891. The van der Waals surface area contributed by atoms with E-state index in [0.717, 1.165) is 4.70 Å². The summed E-state index contributed by atoms with van der Waals surface area (Å²) in [6, 6.07) is 11.1. The number of nitrogens with zero attached hydrogens (tertiary/aromatic N) is 2. The maximum Gasteiger partial charge on any atom is 0.301 e. The lowest BCUT2D eigenvalue weighted by Gasteiger charge is -2.21. The number of rotatable bonds is 7. The number of benzene rings is 2. The Morgan fingerprint density at radius 3 is 2.59 bits per heavy atom. The van der Waals surface area contributed by atoms with Gasteiger partial charge in [-0.1, -0.05) is 29.0 Å². The van der Waals surface area contributed by atoms with Crippen molar-refractivity contribution in [3.8, 4) is 17.2 Å². The molecule has 1 saturated heterocycles. The zero-order chi connectivity index (χ0) is 26.3. The molecule has 5 rings (SSSR count). The predicted octanol–water partition coefficient (Wildman–Crippen LogP) is 6.05. The Hall–Kier alpha value is -3.60. The summed E-state index contributed by atoms with van der Waals surface area (Å²) in [6.07, 6.45) is 0. The molecule has 0 bridgehead atoms. The first kappa shape index (κ1) is 25.1. The Labute approximate surface area is 225 Å². The maximum absolute atomic E-state index is 13.4. The molecule has 1 amide bonds. The van der Waals surface area contributed by atoms with E-state index >= 15 is 0 Å². The fraction of sp³-hybridized carbons (Fsp3) is 0.192. The van der Waals surface area contributed by atoms with Crippen LogP contribution >= 0.6 is 34.3 Å². The van der Waals surface area contributed by atoms with Crippen molar-refractivity contribution in [1.82, 2.24) is 4.98 Å². The Bertz CT molecular complexity index is 1550. The summed E-state index contributed by atoms with van der Waals surface area (Å²) in [5.41, 5.74) is 0.749. The normalized spacial score (nSPS) is 17.0. The molecular weight excluding hydrogens is 536 g/mol. The van der Waals surface area contributed by atoms with Gasteiger partial charge in [0.05, 0.1) is 47.2 Å². The lowest BCUT2D eigenvalue weighted by atomic mass is 9.99. The number of halogens is 1. The van der Waals surface area contributed by atoms with Crippen LogP contribution in [0.4, 0.5) is 5.13 Å². The smallest absolute Gasteiger partial charge is 0.301 e. The zero-order valence-electron chi connectivity index (χ0n) is 20.0. The third-order valence-corrected chi connectivity index (χ3v) is 8.09. The lowest BCUT2D eigenvalue weighted by molar-refractivity contribution is -0.132. The summed E-state index contributed by atoms with van der Waals surface area (Å²) >= 11 is 8.95. The van der Waals surface area contributed by atoms with Crippen LogP contribution in [0.15, 0.2) is 53.4 Å². The quantitative estimate of drug-likeness (QED) is 0.168. The van der Waals surface area contributed by atoms with E-state index in [1.807, 2.05) is 24.4 Å². The topological polar surface area (TPSA) is 98.2 Å². The van der Waals surface area contributed by atoms with Crippen LogP contribution in [0.2, 0.25) is 5.02 Å². The fourth-order valence-corrected chi connectivity index (χ4v) is 6.27. The number of aliphatic hydroxyl groups excluding tert-OH is 1. The summed E-state index contributed by atoms with van der Waals surface area (Å²) in [4.78, 5) is 33.5. The predicted molar refractivity (Wildman–Crippen MR) is 144 cm³/mol. The summed E-state index contributed by atoms with van der Waals surface area (Å²) in [6.45, 7) is 2.41. The number of fused-ring (bicyclic) bond motifs is 1. The number of ether oxygens (including phenoxy) is 3. The molecule has 1 fully saturated rings. The molecule has 2 aromatic heterocycles. The van der Waals surface area contributed by atoms with Crippen LogP contribution in [-0.2, 0) is 9.59 Å². The highest BCUT2D eigenvalue weighted by atomic mass is 35.5. The van der Waals surface area contributed by atoms with Gasteiger partial charge in [0.25, 0.3) is 5.78 Å². The van der Waals surface area contributed by atoms with Crippen LogP contribution in [0.3, 0.4) is 0 Å². The van der Waals surface area contributed by atoms with Gasteiger partial charge in [-0.15, -0.1) is 11.3 Å². The SMILES string of the molecule is CCOc1ccc2nc(N3C(=O)C(=O)/C(=C(/O)c4cc(Cl)c(OC)cc4OC)C3c3cccs3)sc2c1. The van der Waals surface area contributed by atoms with Crippen LogP contribution in [-0.4, -0.2) is 42.6 Å². The minimum absolute atomic E-state index is 0.0822. The molecule has 3 heterocycles. The highest BCUT2D eigenvalue weighted by Crippen LogP contribution is 2.47. The van der Waals surface area contributed by atoms with E-state index < -0.39 is 23.5 Å². The van der Waals surface area contributed by atoms with Crippen molar-refractivity contribution < 1.29 is 28.9 Å². The maximum atomic E-state index is 13.4. The van der Waals surface area contributed by atoms with Crippen LogP contribution in [0.25, 0.3) is 16.0 Å². The van der Waals surface area contributed by atoms with Gasteiger partial charge >= 0.3 is 5.91 Å². The molecule has 1 atom stereocenters. The number of thiophene rings is 1. The van der Waals surface area contributed by atoms with Gasteiger partial charge < -0.3 is 19.3 Å². The van der Waals surface area contributed by atoms with E-state index in [1.165, 1.54) is 53.9 Å². The summed E-state index contributed by atoms with van der Waals surface area (Å²) in [5.74, 6) is -0.766. The summed E-state index contributed by atoms with van der Waals surface area (Å²) in [7, 11) is 2.88. The van der Waals surface area contributed by atoms with Crippen molar-refractivity contribution in [2.75, 3.05) is 25.7 Å². The standard InChI is InChI=1S/C26H21ClN2O6S2/c1-4-35-13-7-8-16-20(10-13)37-26(28-16)29-22(19-6-5-9-36-19)21(24(31)25(29)32)23(30)14-11-15(27)18(34-3)12-17(14)33-2/h5-12,22,30H,4H2,1-3H3/b23-21+. The highest BCUT2D eigenvalue weighted by molar-refractivity contribution is 7.22. The van der Waals surface area contributed by atoms with Gasteiger partial charge in [0.2, 0.25) is 0 Å². The number of Topliss-reactive ketones (excluding diaryl/α,β-unsaturated/α-hetero) is 1. The first-order valence-corrected chi connectivity index (χ1v) is 13.2. The number of hydrogen-bond donors (Lipinski definition) is 1.